The van der Waals surface area contributed by atoms with Gasteiger partial charge in [-0.2, -0.15) is 0 Å². The molecule has 150 valence electrons. The average Bonchev–Trinajstić information content (AvgIpc) is 3.23. The van der Waals surface area contributed by atoms with E-state index in [4.69, 9.17) is 25.5 Å². The van der Waals surface area contributed by atoms with Crippen LogP contribution in [-0.2, 0) is 4.79 Å². The Bertz CT molecular complexity index is 1030. The van der Waals surface area contributed by atoms with Gasteiger partial charge < -0.3 is 19.2 Å². The first-order valence-corrected chi connectivity index (χ1v) is 9.26. The number of carbonyl (C=O) groups excluding carboxylic acids is 1. The Morgan fingerprint density at radius 1 is 1.31 bits per heavy atom. The second kappa shape index (κ2) is 9.25. The second-order valence-electron chi connectivity index (χ2n) is 6.06. The maximum absolute atomic E-state index is 12.4. The molecule has 0 spiro atoms. The molecule has 8 heteroatoms. The molecule has 3 rings (SSSR count). The number of aromatic nitrogens is 2. The minimum Gasteiger partial charge on any atom is -0.491 e. The smallest absolute Gasteiger partial charge is 0.248 e. The first kappa shape index (κ1) is 20.4. The van der Waals surface area contributed by atoms with E-state index in [1.54, 1.807) is 24.3 Å². The predicted octanol–water partition coefficient (Wildman–Crippen LogP) is 4.76. The summed E-state index contributed by atoms with van der Waals surface area (Å²) in [6, 6.07) is 8.97. The summed E-state index contributed by atoms with van der Waals surface area (Å²) in [5.74, 6) is 1.07. The summed E-state index contributed by atoms with van der Waals surface area (Å²) < 4.78 is 16.0. The second-order valence-corrected chi connectivity index (χ2v) is 6.47. The standard InChI is InChI=1S/C21H20ClN3O4/c1-4-28-18-10-14(9-16(22)20(18)27-3)6-8-19(26)24-17-11-15(7-5-13(17)2)21-25-23-12-29-21/h5-12H,4H2,1-3H3,(H,24,26). The number of anilines is 1. The van der Waals surface area contributed by atoms with Crippen LogP contribution < -0.4 is 14.8 Å². The van der Waals surface area contributed by atoms with Crippen molar-refractivity contribution in [3.63, 3.8) is 0 Å². The van der Waals surface area contributed by atoms with E-state index in [-0.39, 0.29) is 5.91 Å². The first-order valence-electron chi connectivity index (χ1n) is 8.88. The molecule has 0 aliphatic heterocycles. The highest BCUT2D eigenvalue weighted by atomic mass is 35.5. The van der Waals surface area contributed by atoms with Crippen molar-refractivity contribution in [3.05, 3.63) is 59.0 Å². The topological polar surface area (TPSA) is 86.5 Å². The van der Waals surface area contributed by atoms with Crippen LogP contribution in [0.2, 0.25) is 5.02 Å². The number of nitrogens with zero attached hydrogens (tertiary/aromatic N) is 2. The number of benzene rings is 2. The zero-order valence-electron chi connectivity index (χ0n) is 16.2. The molecular formula is C21H20ClN3O4. The Kier molecular flexibility index (Phi) is 6.51. The molecular weight excluding hydrogens is 394 g/mol. The maximum atomic E-state index is 12.4. The largest absolute Gasteiger partial charge is 0.491 e. The molecule has 0 aliphatic rings. The molecule has 0 radical (unpaired) electrons. The van der Waals surface area contributed by atoms with Gasteiger partial charge in [0.05, 0.1) is 18.7 Å². The van der Waals surface area contributed by atoms with Gasteiger partial charge in [0.25, 0.3) is 0 Å². The van der Waals surface area contributed by atoms with Crippen molar-refractivity contribution in [1.82, 2.24) is 10.2 Å². The summed E-state index contributed by atoms with van der Waals surface area (Å²) >= 11 is 6.24. The number of ether oxygens (including phenoxy) is 2. The molecule has 0 bridgehead atoms. The van der Waals surface area contributed by atoms with E-state index in [1.165, 1.54) is 19.6 Å². The molecule has 0 saturated heterocycles. The number of hydrogen-bond acceptors (Lipinski definition) is 6. The third-order valence-corrected chi connectivity index (χ3v) is 4.35. The van der Waals surface area contributed by atoms with E-state index >= 15 is 0 Å². The highest BCUT2D eigenvalue weighted by molar-refractivity contribution is 6.32. The lowest BCUT2D eigenvalue weighted by molar-refractivity contribution is -0.111. The van der Waals surface area contributed by atoms with Crippen molar-refractivity contribution < 1.29 is 18.7 Å². The van der Waals surface area contributed by atoms with Crippen LogP contribution in [0, 0.1) is 6.92 Å². The molecule has 0 atom stereocenters. The average molecular weight is 414 g/mol. The molecule has 1 aromatic heterocycles. The van der Waals surface area contributed by atoms with Crippen molar-refractivity contribution in [1.29, 1.82) is 0 Å². The van der Waals surface area contributed by atoms with Crippen LogP contribution in [0.1, 0.15) is 18.1 Å². The van der Waals surface area contributed by atoms with Gasteiger partial charge >= 0.3 is 0 Å². The fraction of sp³-hybridized carbons (Fsp3) is 0.190. The van der Waals surface area contributed by atoms with Gasteiger partial charge in [-0.3, -0.25) is 4.79 Å². The number of aryl methyl sites for hydroxylation is 1. The van der Waals surface area contributed by atoms with Crippen LogP contribution in [0.15, 0.2) is 47.2 Å². The Hall–Kier alpha value is -3.32. The molecule has 2 aromatic carbocycles. The monoisotopic (exact) mass is 413 g/mol. The quantitative estimate of drug-likeness (QED) is 0.562. The lowest BCUT2D eigenvalue weighted by Gasteiger charge is -2.12. The highest BCUT2D eigenvalue weighted by Gasteiger charge is 2.11. The number of carbonyl (C=O) groups is 1. The Labute approximate surface area is 173 Å². The summed E-state index contributed by atoms with van der Waals surface area (Å²) in [6.07, 6.45) is 4.33. The molecule has 0 unspecified atom stereocenters. The fourth-order valence-electron chi connectivity index (χ4n) is 2.68. The van der Waals surface area contributed by atoms with E-state index in [0.717, 1.165) is 11.1 Å². The van der Waals surface area contributed by atoms with Crippen LogP contribution >= 0.6 is 11.6 Å². The van der Waals surface area contributed by atoms with Gasteiger partial charge in [0.1, 0.15) is 0 Å². The number of nitrogens with one attached hydrogen (secondary N) is 1. The molecule has 1 N–H and O–H groups in total. The van der Waals surface area contributed by atoms with Crippen molar-refractivity contribution in [2.45, 2.75) is 13.8 Å². The van der Waals surface area contributed by atoms with E-state index in [1.807, 2.05) is 26.0 Å². The van der Waals surface area contributed by atoms with Crippen LogP contribution in [-0.4, -0.2) is 29.8 Å². The zero-order valence-corrected chi connectivity index (χ0v) is 17.0. The van der Waals surface area contributed by atoms with Gasteiger partial charge in [-0.15, -0.1) is 10.2 Å². The van der Waals surface area contributed by atoms with Gasteiger partial charge in [0.2, 0.25) is 18.2 Å². The number of rotatable bonds is 7. The number of methoxy groups -OCH3 is 1. The van der Waals surface area contributed by atoms with Crippen molar-refractivity contribution in [3.8, 4) is 23.0 Å². The lowest BCUT2D eigenvalue weighted by atomic mass is 10.1. The van der Waals surface area contributed by atoms with Crippen molar-refractivity contribution >= 4 is 29.3 Å². The fourth-order valence-corrected chi connectivity index (χ4v) is 2.98. The summed E-state index contributed by atoms with van der Waals surface area (Å²) in [5, 5.41) is 10.8. The van der Waals surface area contributed by atoms with E-state index in [0.29, 0.717) is 40.3 Å². The van der Waals surface area contributed by atoms with Crippen molar-refractivity contribution in [2.75, 3.05) is 19.0 Å². The SMILES string of the molecule is CCOc1cc(C=CC(=O)Nc2cc(-c3nnco3)ccc2C)cc(Cl)c1OC. The van der Waals surface area contributed by atoms with Gasteiger partial charge in [0, 0.05) is 17.3 Å². The molecule has 0 saturated carbocycles. The van der Waals surface area contributed by atoms with Gasteiger partial charge in [-0.25, -0.2) is 0 Å². The van der Waals surface area contributed by atoms with E-state index in [2.05, 4.69) is 15.5 Å². The number of halogens is 1. The Morgan fingerprint density at radius 3 is 2.83 bits per heavy atom. The van der Waals surface area contributed by atoms with Gasteiger partial charge in [-0.05, 0) is 55.3 Å². The molecule has 1 amide bonds. The van der Waals surface area contributed by atoms with Crippen LogP contribution in [0.25, 0.3) is 17.5 Å². The number of amides is 1. The Balaban J connectivity index is 1.77. The first-order chi connectivity index (χ1) is 14.0. The molecule has 0 fully saturated rings. The summed E-state index contributed by atoms with van der Waals surface area (Å²) in [7, 11) is 1.53. The molecule has 0 aliphatic carbocycles. The Morgan fingerprint density at radius 2 is 2.14 bits per heavy atom. The van der Waals surface area contributed by atoms with Crippen LogP contribution in [0.4, 0.5) is 5.69 Å². The minimum atomic E-state index is -0.291. The third kappa shape index (κ3) is 4.94. The zero-order chi connectivity index (χ0) is 20.8. The van der Waals surface area contributed by atoms with Crippen LogP contribution in [0.3, 0.4) is 0 Å². The van der Waals surface area contributed by atoms with E-state index in [9.17, 15) is 4.79 Å². The van der Waals surface area contributed by atoms with Crippen molar-refractivity contribution in [2.24, 2.45) is 0 Å². The maximum Gasteiger partial charge on any atom is 0.248 e. The number of hydrogen-bond donors (Lipinski definition) is 1. The third-order valence-electron chi connectivity index (χ3n) is 4.07. The molecule has 1 heterocycles. The summed E-state index contributed by atoms with van der Waals surface area (Å²) in [5.41, 5.74) is 2.99. The normalized spacial score (nSPS) is 10.9. The minimum absolute atomic E-state index is 0.291. The summed E-state index contributed by atoms with van der Waals surface area (Å²) in [6.45, 7) is 4.23. The highest BCUT2D eigenvalue weighted by Crippen LogP contribution is 2.36. The molecule has 3 aromatic rings. The van der Waals surface area contributed by atoms with Crippen LogP contribution in [0.5, 0.6) is 11.5 Å². The van der Waals surface area contributed by atoms with E-state index < -0.39 is 0 Å². The molecule has 7 nitrogen and oxygen atoms in total. The lowest BCUT2D eigenvalue weighted by Crippen LogP contribution is -2.09. The van der Waals surface area contributed by atoms with Gasteiger partial charge in [-0.1, -0.05) is 17.7 Å². The predicted molar refractivity (Wildman–Crippen MR) is 111 cm³/mol. The summed E-state index contributed by atoms with van der Waals surface area (Å²) in [4.78, 5) is 12.4. The van der Waals surface area contributed by atoms with Gasteiger partial charge in [0.15, 0.2) is 11.5 Å². The molecule has 29 heavy (non-hydrogen) atoms.